The number of aromatic nitrogens is 3. The molecule has 0 unspecified atom stereocenters. The third-order valence-electron chi connectivity index (χ3n) is 6.44. The maximum Gasteiger partial charge on any atom is 0.224 e. The predicted molar refractivity (Wildman–Crippen MR) is 139 cm³/mol. The number of hydrogen-bond donors (Lipinski definition) is 0. The van der Waals surface area contributed by atoms with Crippen LogP contribution in [0.2, 0.25) is 0 Å². The normalized spacial score (nSPS) is 14.5. The first-order valence-electron chi connectivity index (χ1n) is 12.4. The van der Waals surface area contributed by atoms with Gasteiger partial charge in [-0.05, 0) is 18.2 Å². The molecular weight excluding hydrogens is 635 g/mol. The van der Waals surface area contributed by atoms with Crippen LogP contribution in [0.1, 0.15) is 17.2 Å². The summed E-state index contributed by atoms with van der Waals surface area (Å²) in [5, 5.41) is 28.7. The summed E-state index contributed by atoms with van der Waals surface area (Å²) in [6.45, 7) is 7.07. The van der Waals surface area contributed by atoms with E-state index in [4.69, 9.17) is 11.8 Å². The van der Waals surface area contributed by atoms with Crippen LogP contribution in [0, 0.1) is 81.3 Å². The van der Waals surface area contributed by atoms with Crippen LogP contribution in [0.25, 0.3) is 27.4 Å². The Morgan fingerprint density at radius 1 is 0.596 bits per heavy atom. The van der Waals surface area contributed by atoms with Crippen LogP contribution in [0.15, 0.2) is 55.9 Å². The first-order chi connectivity index (χ1) is 22.5. The lowest BCUT2D eigenvalue weighted by Gasteiger charge is -2.10. The van der Waals surface area contributed by atoms with Gasteiger partial charge in [-0.3, -0.25) is 0 Å². The molecule has 0 bridgehead atoms. The van der Waals surface area contributed by atoms with Crippen LogP contribution in [-0.4, -0.2) is 15.0 Å². The fourth-order valence-corrected chi connectivity index (χ4v) is 4.26. The molecule has 47 heavy (non-hydrogen) atoms. The van der Waals surface area contributed by atoms with Crippen LogP contribution >= 0.6 is 0 Å². The smallest absolute Gasteiger partial charge is 0.224 e. The molecular formula is C29H4F7N11. The van der Waals surface area contributed by atoms with Crippen molar-refractivity contribution >= 4 is 16.8 Å². The van der Waals surface area contributed by atoms with Gasteiger partial charge < -0.3 is 0 Å². The summed E-state index contributed by atoms with van der Waals surface area (Å²) in [6, 6.07) is 8.56. The van der Waals surface area contributed by atoms with Gasteiger partial charge in [0, 0.05) is 6.07 Å². The number of hydrogen-bond acceptors (Lipinski definition) is 10. The highest BCUT2D eigenvalue weighted by molar-refractivity contribution is 5.80. The van der Waals surface area contributed by atoms with E-state index >= 15 is 0 Å². The van der Waals surface area contributed by atoms with Crippen LogP contribution in [0.4, 0.5) is 36.4 Å². The molecule has 18 heteroatoms. The Kier molecular flexibility index (Phi) is 7.04. The molecule has 1 aromatic heterocycles. The van der Waals surface area contributed by atoms with Crippen molar-refractivity contribution in [2.75, 3.05) is 0 Å². The van der Waals surface area contributed by atoms with E-state index in [-0.39, 0.29) is 21.4 Å². The molecule has 0 fully saturated rings. The van der Waals surface area contributed by atoms with Gasteiger partial charge in [-0.15, -0.1) is 0 Å². The first kappa shape index (κ1) is 29.9. The first-order valence-corrected chi connectivity index (χ1v) is 12.4. The zero-order valence-corrected chi connectivity index (χ0v) is 22.4. The van der Waals surface area contributed by atoms with E-state index in [0.717, 1.165) is 24.3 Å². The largest absolute Gasteiger partial charge is 0.235 e. The van der Waals surface area contributed by atoms with Gasteiger partial charge in [0.05, 0.1) is 39.1 Å². The van der Waals surface area contributed by atoms with Gasteiger partial charge in [0.15, 0.2) is 52.4 Å². The molecule has 2 aliphatic heterocycles. The summed E-state index contributed by atoms with van der Waals surface area (Å²) < 4.78 is 100. The molecule has 3 heterocycles. The minimum atomic E-state index is -2.49. The molecule has 0 amide bonds. The molecule has 0 aliphatic carbocycles. The lowest BCUT2D eigenvalue weighted by Crippen LogP contribution is -2.22. The van der Waals surface area contributed by atoms with Gasteiger partial charge in [0.2, 0.25) is 11.5 Å². The zero-order valence-electron chi connectivity index (χ0n) is 22.4. The van der Waals surface area contributed by atoms with Crippen molar-refractivity contribution in [1.29, 1.82) is 15.8 Å². The highest BCUT2D eigenvalue weighted by atomic mass is 19.2. The highest BCUT2D eigenvalue weighted by Gasteiger charge is 2.30. The molecule has 2 aliphatic rings. The number of fused-ring (bicyclic) bond motifs is 2. The fraction of sp³-hybridized carbons (Fsp3) is 0. The van der Waals surface area contributed by atoms with Crippen LogP contribution in [0.5, 0.6) is 0 Å². The summed E-state index contributed by atoms with van der Waals surface area (Å²) >= 11 is 0. The number of rotatable bonds is 3. The number of nitrogens with zero attached hydrogens (tertiary/aromatic N) is 11. The standard InChI is InChI=1S/C29H4F7N11/c1-40-14-5-18-17(4-13(14)31)43-26(44-18)11(8-39)28-45-27(46-29(47-28)19-20(32)22(34)24(36)23(35)21(19)33)10(7-38)25-41-15-2-9(6-37)12(30)3-16(15)42-25/h2-5H/b25-10+,26-11-. The quantitative estimate of drug-likeness (QED) is 0.110. The number of nitriles is 3. The van der Waals surface area contributed by atoms with Gasteiger partial charge in [0.1, 0.15) is 41.0 Å². The Labute approximate surface area is 254 Å². The molecule has 0 spiro atoms. The summed E-state index contributed by atoms with van der Waals surface area (Å²) in [5.74, 6) is -17.9. The van der Waals surface area contributed by atoms with E-state index < -0.39 is 97.8 Å². The Balaban J connectivity index is 1.67. The monoisotopic (exact) mass is 639 g/mol. The number of benzene rings is 3. The van der Waals surface area contributed by atoms with E-state index in [0.29, 0.717) is 0 Å². The Hall–Kier alpha value is -7.18. The van der Waals surface area contributed by atoms with E-state index in [2.05, 4.69) is 39.8 Å². The Morgan fingerprint density at radius 3 is 1.51 bits per heavy atom. The second-order valence-electron chi connectivity index (χ2n) is 9.16. The van der Waals surface area contributed by atoms with E-state index in [1.165, 1.54) is 0 Å². The van der Waals surface area contributed by atoms with Crippen LogP contribution in [0.3, 0.4) is 0 Å². The minimum absolute atomic E-state index is 0.0699. The molecule has 11 nitrogen and oxygen atoms in total. The molecule has 0 saturated heterocycles. The van der Waals surface area contributed by atoms with Crippen molar-refractivity contribution in [1.82, 2.24) is 15.0 Å². The third kappa shape index (κ3) is 4.79. The summed E-state index contributed by atoms with van der Waals surface area (Å²) in [7, 11) is 0. The maximum absolute atomic E-state index is 14.9. The van der Waals surface area contributed by atoms with Crippen molar-refractivity contribution in [3.05, 3.63) is 127 Å². The van der Waals surface area contributed by atoms with Crippen LogP contribution in [-0.2, 0) is 0 Å². The molecule has 0 radical (unpaired) electrons. The van der Waals surface area contributed by atoms with E-state index in [9.17, 15) is 41.3 Å². The molecule has 6 rings (SSSR count). The summed E-state index contributed by atoms with van der Waals surface area (Å²) in [4.78, 5) is 30.4. The minimum Gasteiger partial charge on any atom is -0.235 e. The van der Waals surface area contributed by atoms with Gasteiger partial charge in [0.25, 0.3) is 0 Å². The van der Waals surface area contributed by atoms with E-state index in [1.807, 2.05) is 0 Å². The highest BCUT2D eigenvalue weighted by Crippen LogP contribution is 2.32. The Morgan fingerprint density at radius 2 is 1.04 bits per heavy atom. The lowest BCUT2D eigenvalue weighted by molar-refractivity contribution is 0.380. The van der Waals surface area contributed by atoms with Gasteiger partial charge in [-0.25, -0.2) is 70.5 Å². The Bertz CT molecular complexity index is 2480. The second kappa shape index (κ2) is 11.1. The summed E-state index contributed by atoms with van der Waals surface area (Å²) in [5.41, 5.74) is -3.92. The average molecular weight is 639 g/mol. The topological polar surface area (TPSA) is 164 Å². The molecule has 0 saturated carbocycles. The number of allylic oxidation sites excluding steroid dienone is 2. The van der Waals surface area contributed by atoms with Crippen LogP contribution < -0.4 is 21.4 Å². The van der Waals surface area contributed by atoms with Gasteiger partial charge >= 0.3 is 0 Å². The fourth-order valence-electron chi connectivity index (χ4n) is 4.26. The maximum atomic E-state index is 14.9. The van der Waals surface area contributed by atoms with Crippen molar-refractivity contribution in [2.45, 2.75) is 0 Å². The third-order valence-corrected chi connectivity index (χ3v) is 6.44. The van der Waals surface area contributed by atoms with Crippen molar-refractivity contribution in [3.8, 4) is 29.6 Å². The second-order valence-corrected chi connectivity index (χ2v) is 9.16. The van der Waals surface area contributed by atoms with Gasteiger partial charge in [-0.1, -0.05) is 0 Å². The SMILES string of the molecule is [C-]#[N+]c1cc2c(cc1F)=N/C(=C(\C#N)c1nc(/C(C#N)=C3/N=c4cc(F)c(C#N)cc4=N3)nc(-c3c(F)c(F)c(F)c(F)c3F)n1)N=2. The average Bonchev–Trinajstić information content (AvgIpc) is 3.65. The zero-order chi connectivity index (χ0) is 33.7. The number of halogens is 7. The lowest BCUT2D eigenvalue weighted by atomic mass is 10.1. The molecule has 224 valence electrons. The van der Waals surface area contributed by atoms with Crippen molar-refractivity contribution in [3.63, 3.8) is 0 Å². The molecule has 4 aromatic rings. The summed E-state index contributed by atoms with van der Waals surface area (Å²) in [6.07, 6.45) is 0. The van der Waals surface area contributed by atoms with Crippen molar-refractivity contribution < 1.29 is 30.7 Å². The molecule has 3 aromatic carbocycles. The molecule has 0 N–H and O–H groups in total. The van der Waals surface area contributed by atoms with Crippen molar-refractivity contribution in [2.24, 2.45) is 20.0 Å². The van der Waals surface area contributed by atoms with E-state index in [1.54, 1.807) is 18.2 Å². The van der Waals surface area contributed by atoms with Gasteiger partial charge in [-0.2, -0.15) is 15.8 Å². The molecule has 0 atom stereocenters. The predicted octanol–water partition coefficient (Wildman–Crippen LogP) is 3.23.